The fourth-order valence-corrected chi connectivity index (χ4v) is 3.55. The van der Waals surface area contributed by atoms with E-state index in [2.05, 4.69) is 4.98 Å². The van der Waals surface area contributed by atoms with Gasteiger partial charge in [-0.05, 0) is 11.6 Å². The van der Waals surface area contributed by atoms with Gasteiger partial charge in [-0.2, -0.15) is 0 Å². The maximum atomic E-state index is 12.0. The molecule has 2 aromatic carbocycles. The highest BCUT2D eigenvalue weighted by Crippen LogP contribution is 2.33. The third-order valence-electron chi connectivity index (χ3n) is 3.57. The first kappa shape index (κ1) is 16.0. The first-order valence-corrected chi connectivity index (χ1v) is 8.55. The zero-order chi connectivity index (χ0) is 17.3. The van der Waals surface area contributed by atoms with Crippen LogP contribution in [0, 0.1) is 10.1 Å². The highest BCUT2D eigenvalue weighted by Gasteiger charge is 2.31. The molecule has 0 atom stereocenters. The number of fused-ring (bicyclic) bond motifs is 1. The topological polar surface area (TPSA) is 116 Å². The van der Waals surface area contributed by atoms with Gasteiger partial charge in [-0.1, -0.05) is 48.5 Å². The molecule has 0 saturated heterocycles. The second-order valence-corrected chi connectivity index (χ2v) is 6.72. The lowest BCUT2D eigenvalue weighted by Gasteiger charge is -2.10. The molecule has 7 nitrogen and oxygen atoms in total. The number of pyridine rings is 1. The lowest BCUT2D eigenvalue weighted by Crippen LogP contribution is -2.17. The van der Waals surface area contributed by atoms with E-state index in [1.54, 1.807) is 42.5 Å². The zero-order valence-electron chi connectivity index (χ0n) is 12.4. The van der Waals surface area contributed by atoms with Crippen LogP contribution in [0.4, 0.5) is 5.69 Å². The Hall–Kier alpha value is -2.84. The molecule has 0 unspecified atom stereocenters. The minimum absolute atomic E-state index is 0.0638. The van der Waals surface area contributed by atoms with Gasteiger partial charge in [0.2, 0.25) is 10.0 Å². The number of sulfonamides is 1. The Bertz CT molecular complexity index is 1030. The summed E-state index contributed by atoms with van der Waals surface area (Å²) in [7, 11) is -4.30. The Kier molecular flexibility index (Phi) is 4.00. The van der Waals surface area contributed by atoms with Gasteiger partial charge < -0.3 is 0 Å². The van der Waals surface area contributed by atoms with Crippen LogP contribution in [0.5, 0.6) is 0 Å². The molecule has 8 heteroatoms. The quantitative estimate of drug-likeness (QED) is 0.576. The average molecular weight is 343 g/mol. The summed E-state index contributed by atoms with van der Waals surface area (Å²) in [5, 5.41) is 17.0. The minimum Gasteiger partial charge on any atom is -0.258 e. The van der Waals surface area contributed by atoms with Gasteiger partial charge in [0.25, 0.3) is 0 Å². The van der Waals surface area contributed by atoms with Crippen molar-refractivity contribution < 1.29 is 13.3 Å². The fraction of sp³-hybridized carbons (Fsp3) is 0.0625. The molecule has 0 fully saturated rings. The van der Waals surface area contributed by atoms with E-state index in [4.69, 9.17) is 5.14 Å². The number of nitro groups is 1. The Morgan fingerprint density at radius 2 is 1.67 bits per heavy atom. The molecule has 0 aliphatic rings. The number of hydrogen-bond donors (Lipinski definition) is 1. The van der Waals surface area contributed by atoms with Gasteiger partial charge in [0.15, 0.2) is 4.90 Å². The molecule has 1 heterocycles. The van der Waals surface area contributed by atoms with Crippen molar-refractivity contribution in [3.63, 3.8) is 0 Å². The van der Waals surface area contributed by atoms with Gasteiger partial charge in [0.05, 0.1) is 10.4 Å². The van der Waals surface area contributed by atoms with Gasteiger partial charge in [-0.25, -0.2) is 18.5 Å². The van der Waals surface area contributed by atoms with Gasteiger partial charge in [0.1, 0.15) is 5.69 Å². The van der Waals surface area contributed by atoms with Crippen molar-refractivity contribution in [2.75, 3.05) is 0 Å². The molecule has 122 valence electrons. The van der Waals surface area contributed by atoms with Crippen molar-refractivity contribution in [2.45, 2.75) is 11.3 Å². The van der Waals surface area contributed by atoms with Crippen LogP contribution in [0.15, 0.2) is 59.5 Å². The smallest absolute Gasteiger partial charge is 0.258 e. The lowest BCUT2D eigenvalue weighted by atomic mass is 10.1. The van der Waals surface area contributed by atoms with E-state index in [0.29, 0.717) is 5.52 Å². The molecular formula is C16H13N3O4S. The summed E-state index contributed by atoms with van der Waals surface area (Å²) in [5.74, 6) is 0. The van der Waals surface area contributed by atoms with Crippen LogP contribution in [0.1, 0.15) is 11.3 Å². The second kappa shape index (κ2) is 5.99. The van der Waals surface area contributed by atoms with Crippen molar-refractivity contribution in [1.82, 2.24) is 4.98 Å². The second-order valence-electron chi connectivity index (χ2n) is 5.22. The molecule has 24 heavy (non-hydrogen) atoms. The number of nitrogens with zero attached hydrogens (tertiary/aromatic N) is 2. The van der Waals surface area contributed by atoms with Gasteiger partial charge in [-0.3, -0.25) is 10.1 Å². The molecule has 1 aromatic heterocycles. The summed E-state index contributed by atoms with van der Waals surface area (Å²) in [6.07, 6.45) is 0.129. The molecule has 0 aliphatic heterocycles. The van der Waals surface area contributed by atoms with Crippen molar-refractivity contribution in [2.24, 2.45) is 5.14 Å². The number of aromatic nitrogens is 1. The van der Waals surface area contributed by atoms with Crippen LogP contribution >= 0.6 is 0 Å². The Balaban J connectivity index is 2.37. The fourth-order valence-electron chi connectivity index (χ4n) is 2.61. The van der Waals surface area contributed by atoms with Gasteiger partial charge in [0, 0.05) is 11.8 Å². The monoisotopic (exact) mass is 343 g/mol. The van der Waals surface area contributed by atoms with Crippen LogP contribution in [-0.4, -0.2) is 18.3 Å². The summed E-state index contributed by atoms with van der Waals surface area (Å²) in [6, 6.07) is 15.3. The lowest BCUT2D eigenvalue weighted by molar-refractivity contribution is -0.388. The van der Waals surface area contributed by atoms with E-state index in [9.17, 15) is 18.5 Å². The summed E-state index contributed by atoms with van der Waals surface area (Å²) < 4.78 is 24.0. The van der Waals surface area contributed by atoms with E-state index in [-0.39, 0.29) is 17.5 Å². The molecule has 2 N–H and O–H groups in total. The average Bonchev–Trinajstić information content (AvgIpc) is 2.53. The molecule has 0 aliphatic carbocycles. The van der Waals surface area contributed by atoms with Crippen LogP contribution in [0.25, 0.3) is 10.9 Å². The Morgan fingerprint density at radius 3 is 2.29 bits per heavy atom. The maximum Gasteiger partial charge on any atom is 0.311 e. The molecule has 0 radical (unpaired) electrons. The molecule has 3 aromatic rings. The number of benzene rings is 2. The molecule has 0 saturated carbocycles. The Labute approximate surface area is 138 Å². The van der Waals surface area contributed by atoms with E-state index >= 15 is 0 Å². The largest absolute Gasteiger partial charge is 0.311 e. The Morgan fingerprint density at radius 1 is 1.04 bits per heavy atom. The van der Waals surface area contributed by atoms with Crippen LogP contribution in [0.3, 0.4) is 0 Å². The summed E-state index contributed by atoms with van der Waals surface area (Å²) >= 11 is 0. The molecular weight excluding hydrogens is 330 g/mol. The van der Waals surface area contributed by atoms with E-state index < -0.39 is 25.5 Å². The van der Waals surface area contributed by atoms with Crippen molar-refractivity contribution in [3.8, 4) is 0 Å². The van der Waals surface area contributed by atoms with E-state index in [1.807, 2.05) is 6.07 Å². The molecule has 3 rings (SSSR count). The summed E-state index contributed by atoms with van der Waals surface area (Å²) in [4.78, 5) is 14.6. The van der Waals surface area contributed by atoms with E-state index in [0.717, 1.165) is 5.56 Å². The van der Waals surface area contributed by atoms with Crippen molar-refractivity contribution >= 4 is 26.6 Å². The predicted molar refractivity (Wildman–Crippen MR) is 89.0 cm³/mol. The highest BCUT2D eigenvalue weighted by atomic mass is 32.2. The van der Waals surface area contributed by atoms with Gasteiger partial charge in [-0.15, -0.1) is 0 Å². The predicted octanol–water partition coefficient (Wildman–Crippen LogP) is 2.38. The molecule has 0 bridgehead atoms. The normalized spacial score (nSPS) is 11.5. The van der Waals surface area contributed by atoms with Crippen molar-refractivity contribution in [1.29, 1.82) is 0 Å². The number of hydrogen-bond acceptors (Lipinski definition) is 5. The first-order valence-electron chi connectivity index (χ1n) is 7.00. The number of primary sulfonamides is 1. The van der Waals surface area contributed by atoms with Gasteiger partial charge >= 0.3 is 5.69 Å². The van der Waals surface area contributed by atoms with Crippen LogP contribution in [0.2, 0.25) is 0 Å². The first-order chi connectivity index (χ1) is 11.4. The number of nitrogens with two attached hydrogens (primary N) is 1. The molecule has 0 spiro atoms. The summed E-state index contributed by atoms with van der Waals surface area (Å²) in [6.45, 7) is 0. The number of para-hydroxylation sites is 1. The SMILES string of the molecule is NS(=O)(=O)c1c([N+](=O)[O-])c(Cc2ccccc2)nc2ccccc12. The number of rotatable bonds is 4. The summed E-state index contributed by atoms with van der Waals surface area (Å²) in [5.41, 5.74) is 0.621. The van der Waals surface area contributed by atoms with E-state index in [1.165, 1.54) is 6.07 Å². The highest BCUT2D eigenvalue weighted by molar-refractivity contribution is 7.89. The van der Waals surface area contributed by atoms with Crippen LogP contribution < -0.4 is 5.14 Å². The minimum atomic E-state index is -4.30. The third-order valence-corrected chi connectivity index (χ3v) is 4.56. The van der Waals surface area contributed by atoms with Crippen molar-refractivity contribution in [3.05, 3.63) is 76.0 Å². The molecule has 0 amide bonds. The maximum absolute atomic E-state index is 12.0. The standard InChI is InChI=1S/C16H13N3O4S/c17-24(22,23)16-12-8-4-5-9-13(12)18-14(15(16)19(20)21)10-11-6-2-1-3-7-11/h1-9H,10H2,(H2,17,22,23). The zero-order valence-corrected chi connectivity index (χ0v) is 13.2. The third kappa shape index (κ3) is 2.97. The van der Waals surface area contributed by atoms with Crippen LogP contribution in [-0.2, 0) is 16.4 Å².